The quantitative estimate of drug-likeness (QED) is 0.451. The fourth-order valence-corrected chi connectivity index (χ4v) is 4.81. The molecule has 29 heavy (non-hydrogen) atoms. The molecule has 152 valence electrons. The number of rotatable bonds is 9. The Labute approximate surface area is 183 Å². The second-order valence-corrected chi connectivity index (χ2v) is 9.24. The molecule has 1 aromatic heterocycles. The van der Waals surface area contributed by atoms with Crippen LogP contribution in [0.3, 0.4) is 0 Å². The van der Waals surface area contributed by atoms with E-state index in [2.05, 4.69) is 22.4 Å². The lowest BCUT2D eigenvalue weighted by atomic mass is 10.2. The largest absolute Gasteiger partial charge is 0.301 e. The molecule has 0 radical (unpaired) electrons. The van der Waals surface area contributed by atoms with E-state index in [1.807, 2.05) is 36.4 Å². The lowest BCUT2D eigenvalue weighted by Gasteiger charge is -2.13. The van der Waals surface area contributed by atoms with Gasteiger partial charge in [0.25, 0.3) is 5.91 Å². The SMILES string of the molecule is CCCCc1nnc(NC(=O)CCCN2C(=O)/C(=C\c3ccccc3)SC2=S)s1. The van der Waals surface area contributed by atoms with E-state index in [0.29, 0.717) is 33.7 Å². The average Bonchev–Trinajstić information content (AvgIpc) is 3.26. The zero-order valence-corrected chi connectivity index (χ0v) is 18.5. The molecule has 1 aliphatic rings. The maximum Gasteiger partial charge on any atom is 0.266 e. The summed E-state index contributed by atoms with van der Waals surface area (Å²) in [4.78, 5) is 26.9. The van der Waals surface area contributed by atoms with Crippen molar-refractivity contribution in [2.75, 3.05) is 11.9 Å². The first-order chi connectivity index (χ1) is 14.1. The standard InChI is InChI=1S/C20H22N4O2S3/c1-2-3-11-17-22-23-19(29-17)21-16(25)10-7-12-24-18(26)15(28-20(24)27)13-14-8-5-4-6-9-14/h4-6,8-9,13H,2-3,7,10-12H2,1H3,(H,21,23,25)/b15-13+. The number of hydrogen-bond donors (Lipinski definition) is 1. The number of thiocarbonyl (C=S) groups is 1. The van der Waals surface area contributed by atoms with Crippen LogP contribution in [-0.2, 0) is 16.0 Å². The van der Waals surface area contributed by atoms with E-state index in [0.717, 1.165) is 29.8 Å². The summed E-state index contributed by atoms with van der Waals surface area (Å²) in [5, 5.41) is 12.3. The summed E-state index contributed by atoms with van der Waals surface area (Å²) in [6, 6.07) is 9.67. The van der Waals surface area contributed by atoms with Crippen LogP contribution in [-0.4, -0.2) is 37.8 Å². The fraction of sp³-hybridized carbons (Fsp3) is 0.350. The van der Waals surface area contributed by atoms with E-state index < -0.39 is 0 Å². The normalized spacial score (nSPS) is 15.3. The first kappa shape index (κ1) is 21.6. The van der Waals surface area contributed by atoms with E-state index in [1.165, 1.54) is 23.1 Å². The van der Waals surface area contributed by atoms with Gasteiger partial charge in [-0.05, 0) is 24.5 Å². The predicted molar refractivity (Wildman–Crippen MR) is 123 cm³/mol. The second kappa shape index (κ2) is 10.6. The summed E-state index contributed by atoms with van der Waals surface area (Å²) < 4.78 is 0.530. The molecule has 0 saturated carbocycles. The van der Waals surface area contributed by atoms with E-state index in [-0.39, 0.29) is 11.8 Å². The van der Waals surface area contributed by atoms with Crippen molar-refractivity contribution < 1.29 is 9.59 Å². The summed E-state index contributed by atoms with van der Waals surface area (Å²) in [6.45, 7) is 2.54. The Morgan fingerprint density at radius 2 is 2.03 bits per heavy atom. The van der Waals surface area contributed by atoms with E-state index >= 15 is 0 Å². The topological polar surface area (TPSA) is 75.2 Å². The van der Waals surface area contributed by atoms with E-state index in [9.17, 15) is 9.59 Å². The van der Waals surface area contributed by atoms with Gasteiger partial charge in [-0.3, -0.25) is 14.5 Å². The number of nitrogens with one attached hydrogen (secondary N) is 1. The third kappa shape index (κ3) is 6.19. The van der Waals surface area contributed by atoms with Gasteiger partial charge in [-0.1, -0.05) is 79.0 Å². The van der Waals surface area contributed by atoms with Crippen molar-refractivity contribution in [2.24, 2.45) is 0 Å². The van der Waals surface area contributed by atoms with Crippen LogP contribution in [0.5, 0.6) is 0 Å². The number of hydrogen-bond acceptors (Lipinski definition) is 7. The summed E-state index contributed by atoms with van der Waals surface area (Å²) in [7, 11) is 0. The predicted octanol–water partition coefficient (Wildman–Crippen LogP) is 4.50. The smallest absolute Gasteiger partial charge is 0.266 e. The van der Waals surface area contributed by atoms with Gasteiger partial charge in [0.15, 0.2) is 0 Å². The van der Waals surface area contributed by atoms with Gasteiger partial charge in [0.05, 0.1) is 4.91 Å². The Bertz CT molecular complexity index is 911. The third-order valence-corrected chi connectivity index (χ3v) is 6.49. The van der Waals surface area contributed by atoms with Gasteiger partial charge in [-0.2, -0.15) is 0 Å². The molecule has 0 aliphatic carbocycles. The Hall–Kier alpha value is -2.10. The number of benzene rings is 1. The zero-order valence-electron chi connectivity index (χ0n) is 16.1. The molecule has 0 atom stereocenters. The fourth-order valence-electron chi connectivity index (χ4n) is 2.71. The van der Waals surface area contributed by atoms with Gasteiger partial charge in [0, 0.05) is 19.4 Å². The molecule has 2 heterocycles. The van der Waals surface area contributed by atoms with Crippen molar-refractivity contribution in [3.8, 4) is 0 Å². The van der Waals surface area contributed by atoms with Crippen LogP contribution >= 0.6 is 35.3 Å². The minimum atomic E-state index is -0.131. The van der Waals surface area contributed by atoms with Gasteiger partial charge in [0.2, 0.25) is 11.0 Å². The Morgan fingerprint density at radius 3 is 2.79 bits per heavy atom. The number of unbranched alkanes of at least 4 members (excludes halogenated alkanes) is 1. The number of aromatic nitrogens is 2. The summed E-state index contributed by atoms with van der Waals surface area (Å²) in [5.41, 5.74) is 0.961. The molecule has 1 aromatic carbocycles. The molecule has 0 bridgehead atoms. The lowest BCUT2D eigenvalue weighted by Crippen LogP contribution is -2.29. The monoisotopic (exact) mass is 446 g/mol. The Balaban J connectivity index is 1.46. The number of carbonyl (C=O) groups is 2. The van der Waals surface area contributed by atoms with E-state index in [1.54, 1.807) is 4.90 Å². The van der Waals surface area contributed by atoms with Gasteiger partial charge in [0.1, 0.15) is 9.33 Å². The lowest BCUT2D eigenvalue weighted by molar-refractivity contribution is -0.122. The number of carbonyl (C=O) groups excluding carboxylic acids is 2. The number of amides is 2. The maximum atomic E-state index is 12.6. The molecule has 2 aromatic rings. The molecule has 0 spiro atoms. The molecule has 0 unspecified atom stereocenters. The number of nitrogens with zero attached hydrogens (tertiary/aromatic N) is 3. The summed E-state index contributed by atoms with van der Waals surface area (Å²) >= 11 is 8.05. The zero-order chi connectivity index (χ0) is 20.6. The van der Waals surface area contributed by atoms with Gasteiger partial charge < -0.3 is 5.32 Å². The molecule has 9 heteroatoms. The Kier molecular flexibility index (Phi) is 7.91. The van der Waals surface area contributed by atoms with Gasteiger partial charge in [-0.25, -0.2) is 0 Å². The molecule has 1 saturated heterocycles. The van der Waals surface area contributed by atoms with Crippen LogP contribution in [0.25, 0.3) is 6.08 Å². The van der Waals surface area contributed by atoms with Gasteiger partial charge in [-0.15, -0.1) is 10.2 Å². The average molecular weight is 447 g/mol. The first-order valence-electron chi connectivity index (χ1n) is 9.49. The first-order valence-corrected chi connectivity index (χ1v) is 11.5. The van der Waals surface area contributed by atoms with Crippen LogP contribution < -0.4 is 5.32 Å². The highest BCUT2D eigenvalue weighted by Gasteiger charge is 2.31. The maximum absolute atomic E-state index is 12.6. The van der Waals surface area contributed by atoms with Crippen LogP contribution in [0.2, 0.25) is 0 Å². The highest BCUT2D eigenvalue weighted by Crippen LogP contribution is 2.32. The van der Waals surface area contributed by atoms with E-state index in [4.69, 9.17) is 12.2 Å². The summed E-state index contributed by atoms with van der Waals surface area (Å²) in [5.74, 6) is -0.234. The molecule has 6 nitrogen and oxygen atoms in total. The second-order valence-electron chi connectivity index (χ2n) is 6.50. The number of thioether (sulfide) groups is 1. The molecular weight excluding hydrogens is 424 g/mol. The highest BCUT2D eigenvalue weighted by atomic mass is 32.2. The van der Waals surface area contributed by atoms with Crippen molar-refractivity contribution in [1.29, 1.82) is 0 Å². The number of aryl methyl sites for hydroxylation is 1. The molecule has 1 aliphatic heterocycles. The van der Waals surface area contributed by atoms with Crippen molar-refractivity contribution in [1.82, 2.24) is 15.1 Å². The molecule has 1 N–H and O–H groups in total. The molecule has 2 amide bonds. The van der Waals surface area contributed by atoms with Crippen LogP contribution in [0.1, 0.15) is 43.2 Å². The molecular formula is C20H22N4O2S3. The minimum Gasteiger partial charge on any atom is -0.301 e. The van der Waals surface area contributed by atoms with Crippen molar-refractivity contribution in [2.45, 2.75) is 39.0 Å². The van der Waals surface area contributed by atoms with Crippen molar-refractivity contribution in [3.05, 3.63) is 45.8 Å². The van der Waals surface area contributed by atoms with Crippen LogP contribution in [0.15, 0.2) is 35.2 Å². The van der Waals surface area contributed by atoms with Crippen LogP contribution in [0.4, 0.5) is 5.13 Å². The summed E-state index contributed by atoms with van der Waals surface area (Å²) in [6.07, 6.45) is 5.70. The van der Waals surface area contributed by atoms with Crippen molar-refractivity contribution in [3.63, 3.8) is 0 Å². The molecule has 3 rings (SSSR count). The number of anilines is 1. The minimum absolute atomic E-state index is 0.103. The van der Waals surface area contributed by atoms with Gasteiger partial charge >= 0.3 is 0 Å². The van der Waals surface area contributed by atoms with Crippen LogP contribution in [0, 0.1) is 0 Å². The third-order valence-electron chi connectivity index (χ3n) is 4.21. The van der Waals surface area contributed by atoms with Crippen molar-refractivity contribution >= 4 is 62.7 Å². The highest BCUT2D eigenvalue weighted by molar-refractivity contribution is 8.26. The Morgan fingerprint density at radius 1 is 1.24 bits per heavy atom. The molecule has 1 fully saturated rings.